The molecule has 0 aliphatic rings. The van der Waals surface area contributed by atoms with Crippen LogP contribution in [-0.4, -0.2) is 19.5 Å². The van der Waals surface area contributed by atoms with E-state index in [1.165, 1.54) is 63.6 Å². The summed E-state index contributed by atoms with van der Waals surface area (Å²) in [5, 5.41) is 9.81. The van der Waals surface area contributed by atoms with Gasteiger partial charge in [0.25, 0.3) is 0 Å². The fourth-order valence-electron chi connectivity index (χ4n) is 10.4. The highest BCUT2D eigenvalue weighted by molar-refractivity contribution is 7.26. The monoisotopic (exact) mass is 908 g/mol. The van der Waals surface area contributed by atoms with Gasteiger partial charge in [-0.25, -0.2) is 15.0 Å². The number of fused-ring (bicyclic) bond motifs is 8. The molecule has 0 N–H and O–H groups in total. The van der Waals surface area contributed by atoms with Crippen LogP contribution in [0.15, 0.2) is 243 Å². The average molecular weight is 909 g/mol. The number of nitrogens with zero attached hydrogens (tertiary/aromatic N) is 4. The molecule has 0 saturated heterocycles. The van der Waals surface area contributed by atoms with Crippen molar-refractivity contribution in [2.75, 3.05) is 0 Å². The first-order valence-electron chi connectivity index (χ1n) is 23.7. The molecule has 0 unspecified atom stereocenters. The molecule has 0 fully saturated rings. The predicted molar refractivity (Wildman–Crippen MR) is 295 cm³/mol. The molecule has 0 amide bonds. The van der Waals surface area contributed by atoms with E-state index in [1.54, 1.807) is 0 Å². The summed E-state index contributed by atoms with van der Waals surface area (Å²) >= 11 is 1.85. The van der Waals surface area contributed by atoms with Crippen LogP contribution in [0.1, 0.15) is 0 Å². The van der Waals surface area contributed by atoms with Gasteiger partial charge in [-0.1, -0.05) is 188 Å². The number of benzene rings is 11. The lowest BCUT2D eigenvalue weighted by molar-refractivity contribution is 1.07. The van der Waals surface area contributed by atoms with Crippen molar-refractivity contribution in [1.29, 1.82) is 0 Å². The molecule has 0 aliphatic heterocycles. The number of hydrogen-bond acceptors (Lipinski definition) is 4. The Morgan fingerprint density at radius 3 is 1.47 bits per heavy atom. The van der Waals surface area contributed by atoms with Crippen LogP contribution in [0.25, 0.3) is 137 Å². The maximum Gasteiger partial charge on any atom is 0.164 e. The molecule has 0 saturated carbocycles. The molecule has 11 aromatic carbocycles. The van der Waals surface area contributed by atoms with Crippen molar-refractivity contribution in [3.05, 3.63) is 243 Å². The highest BCUT2D eigenvalue weighted by Gasteiger charge is 2.22. The van der Waals surface area contributed by atoms with Crippen LogP contribution < -0.4 is 0 Å². The van der Waals surface area contributed by atoms with Gasteiger partial charge >= 0.3 is 0 Å². The number of thiophene rings is 1. The summed E-state index contributed by atoms with van der Waals surface area (Å²) in [7, 11) is 0. The van der Waals surface area contributed by atoms with Crippen molar-refractivity contribution < 1.29 is 0 Å². The Hall–Kier alpha value is -9.03. The van der Waals surface area contributed by atoms with Gasteiger partial charge in [0, 0.05) is 53.3 Å². The van der Waals surface area contributed by atoms with Crippen LogP contribution in [0.3, 0.4) is 0 Å². The summed E-state index contributed by atoms with van der Waals surface area (Å²) in [5.41, 5.74) is 13.0. The van der Waals surface area contributed by atoms with Crippen LogP contribution in [0.2, 0.25) is 0 Å². The predicted octanol–water partition coefficient (Wildman–Crippen LogP) is 17.6. The van der Waals surface area contributed by atoms with Crippen LogP contribution in [-0.2, 0) is 0 Å². The van der Waals surface area contributed by atoms with Crippen LogP contribution in [0.4, 0.5) is 0 Å². The molecule has 4 nitrogen and oxygen atoms in total. The second kappa shape index (κ2) is 16.3. The van der Waals surface area contributed by atoms with E-state index in [1.807, 2.05) is 29.5 Å². The van der Waals surface area contributed by atoms with Gasteiger partial charge in [-0.15, -0.1) is 11.3 Å². The lowest BCUT2D eigenvalue weighted by Crippen LogP contribution is -2.02. The Kier molecular flexibility index (Phi) is 9.36. The van der Waals surface area contributed by atoms with Crippen LogP contribution in [0.5, 0.6) is 0 Å². The maximum absolute atomic E-state index is 5.40. The Morgan fingerprint density at radius 2 is 0.800 bits per heavy atom. The average Bonchev–Trinajstić information content (AvgIpc) is 3.96. The molecule has 5 heteroatoms. The largest absolute Gasteiger partial charge is 0.309 e. The molecule has 70 heavy (non-hydrogen) atoms. The number of para-hydroxylation sites is 1. The van der Waals surface area contributed by atoms with Crippen molar-refractivity contribution in [2.45, 2.75) is 0 Å². The zero-order valence-corrected chi connectivity index (χ0v) is 38.6. The van der Waals surface area contributed by atoms with E-state index in [2.05, 4.69) is 229 Å². The van der Waals surface area contributed by atoms with Crippen LogP contribution in [0, 0.1) is 0 Å². The first-order valence-corrected chi connectivity index (χ1v) is 24.5. The zero-order chi connectivity index (χ0) is 46.1. The molecule has 14 aromatic rings. The lowest BCUT2D eigenvalue weighted by Gasteiger charge is -2.16. The van der Waals surface area contributed by atoms with E-state index in [0.717, 1.165) is 55.7 Å². The molecule has 326 valence electrons. The molecule has 3 heterocycles. The van der Waals surface area contributed by atoms with Gasteiger partial charge in [0.05, 0.1) is 11.0 Å². The topological polar surface area (TPSA) is 43.6 Å². The van der Waals surface area contributed by atoms with Crippen LogP contribution >= 0.6 is 11.3 Å². The standard InChI is InChI=1S/C65H40N4S/c1-3-14-41(15-4-1)42-26-28-43(29-27-42)44-30-32-46(33-31-44)64-66-63(45-16-5-2-6-17-45)67-65(68-64)54-35-34-51(69-58-24-12-11-22-52(58)56-36-47-18-7-9-20-49(47)38-59(56)69)40-55(54)53-23-13-25-60-62(53)57-37-48-19-8-10-21-50(48)39-61(57)70-60/h1-40H. The molecule has 0 bridgehead atoms. The van der Waals surface area contributed by atoms with Crippen molar-refractivity contribution in [3.8, 4) is 73.2 Å². The fourth-order valence-corrected chi connectivity index (χ4v) is 11.6. The SMILES string of the molecule is c1ccc(-c2ccc(-c3ccc(-c4nc(-c5ccccc5)nc(-c5ccc(-n6c7ccccc7c7cc8ccccc8cc76)cc5-c5cccc6sc7cc8ccccc8cc7c56)n4)cc3)cc2)cc1. The number of rotatable bonds is 7. The van der Waals surface area contributed by atoms with Gasteiger partial charge in [-0.2, -0.15) is 0 Å². The highest BCUT2D eigenvalue weighted by Crippen LogP contribution is 2.45. The second-order valence-electron chi connectivity index (χ2n) is 18.0. The summed E-state index contributed by atoms with van der Waals surface area (Å²) in [5.74, 6) is 1.85. The molecule has 0 atom stereocenters. The minimum Gasteiger partial charge on any atom is -0.309 e. The van der Waals surface area contributed by atoms with Crippen molar-refractivity contribution >= 4 is 74.9 Å². The number of hydrogen-bond donors (Lipinski definition) is 0. The molecule has 0 spiro atoms. The summed E-state index contributed by atoms with van der Waals surface area (Å²) in [6.45, 7) is 0. The van der Waals surface area contributed by atoms with Crippen molar-refractivity contribution in [2.24, 2.45) is 0 Å². The van der Waals surface area contributed by atoms with Gasteiger partial charge < -0.3 is 4.57 Å². The quantitative estimate of drug-likeness (QED) is 0.160. The first kappa shape index (κ1) is 40.1. The molecule has 0 radical (unpaired) electrons. The minimum atomic E-state index is 0.612. The Bertz CT molecular complexity index is 4330. The van der Waals surface area contributed by atoms with E-state index in [0.29, 0.717) is 17.5 Å². The van der Waals surface area contributed by atoms with Gasteiger partial charge in [-0.05, 0) is 110 Å². The molecular weight excluding hydrogens is 869 g/mol. The molecular formula is C65H40N4S. The normalized spacial score (nSPS) is 11.7. The molecule has 0 aliphatic carbocycles. The Balaban J connectivity index is 0.986. The smallest absolute Gasteiger partial charge is 0.164 e. The number of aromatic nitrogens is 4. The lowest BCUT2D eigenvalue weighted by atomic mass is 9.93. The Morgan fingerprint density at radius 1 is 0.286 bits per heavy atom. The van der Waals surface area contributed by atoms with Crippen molar-refractivity contribution in [3.63, 3.8) is 0 Å². The first-order chi connectivity index (χ1) is 34.7. The third kappa shape index (κ3) is 6.78. The van der Waals surface area contributed by atoms with Crippen molar-refractivity contribution in [1.82, 2.24) is 19.5 Å². The summed E-state index contributed by atoms with van der Waals surface area (Å²) in [6, 6.07) is 87.1. The van der Waals surface area contributed by atoms with Gasteiger partial charge in [0.2, 0.25) is 0 Å². The summed E-state index contributed by atoms with van der Waals surface area (Å²) < 4.78 is 4.92. The highest BCUT2D eigenvalue weighted by atomic mass is 32.1. The fraction of sp³-hybridized carbons (Fsp3) is 0. The second-order valence-corrected chi connectivity index (χ2v) is 19.1. The van der Waals surface area contributed by atoms with Gasteiger partial charge in [0.15, 0.2) is 17.5 Å². The van der Waals surface area contributed by atoms with E-state index in [4.69, 9.17) is 15.0 Å². The third-order valence-corrected chi connectivity index (χ3v) is 14.9. The zero-order valence-electron chi connectivity index (χ0n) is 37.8. The molecule has 14 rings (SSSR count). The maximum atomic E-state index is 5.40. The summed E-state index contributed by atoms with van der Waals surface area (Å²) in [4.78, 5) is 15.9. The van der Waals surface area contributed by atoms with E-state index >= 15 is 0 Å². The van der Waals surface area contributed by atoms with Gasteiger partial charge in [0.1, 0.15) is 0 Å². The Labute approximate surface area is 408 Å². The third-order valence-electron chi connectivity index (χ3n) is 13.8. The van der Waals surface area contributed by atoms with E-state index in [-0.39, 0.29) is 0 Å². The van der Waals surface area contributed by atoms with E-state index < -0.39 is 0 Å². The van der Waals surface area contributed by atoms with Gasteiger partial charge in [-0.3, -0.25) is 0 Å². The summed E-state index contributed by atoms with van der Waals surface area (Å²) in [6.07, 6.45) is 0. The minimum absolute atomic E-state index is 0.612. The molecule has 3 aromatic heterocycles. The van der Waals surface area contributed by atoms with E-state index in [9.17, 15) is 0 Å².